The number of nitrogens with zero attached hydrogens (tertiary/aromatic N) is 1. The van der Waals surface area contributed by atoms with Gasteiger partial charge in [-0.25, -0.2) is 0 Å². The molecule has 2 aromatic carbocycles. The van der Waals surface area contributed by atoms with E-state index < -0.39 is 8.32 Å². The zero-order valence-electron chi connectivity index (χ0n) is 19.1. The smallest absolute Gasteiger partial charge is 0.346 e. The third-order valence-corrected chi connectivity index (χ3v) is 11.7. The predicted molar refractivity (Wildman–Crippen MR) is 131 cm³/mol. The SMILES string of the molecule is CC(C)(C)[Si](OCC1CC[N+]2=C(NC(CN)CC2)N1)(c1ccccc1)c1ccccc1. The number of nitrogens with two attached hydrogens (primary N) is 1. The molecule has 0 radical (unpaired) electrons. The van der Waals surface area contributed by atoms with Crippen LogP contribution in [0.1, 0.15) is 33.6 Å². The van der Waals surface area contributed by atoms with E-state index in [2.05, 4.69) is 96.6 Å². The maximum Gasteiger partial charge on any atom is 0.346 e. The predicted octanol–water partition coefficient (Wildman–Crippen LogP) is 1.61. The molecule has 5 nitrogen and oxygen atoms in total. The van der Waals surface area contributed by atoms with Crippen LogP contribution in [0.15, 0.2) is 60.7 Å². The lowest BCUT2D eigenvalue weighted by atomic mass is 10.1. The van der Waals surface area contributed by atoms with Crippen molar-refractivity contribution in [2.24, 2.45) is 5.73 Å². The first kappa shape index (κ1) is 22.1. The minimum atomic E-state index is -2.50. The monoisotopic (exact) mass is 437 g/mol. The number of hydrogen-bond donors (Lipinski definition) is 3. The summed E-state index contributed by atoms with van der Waals surface area (Å²) in [5, 5.41) is 9.97. The fraction of sp³-hybridized carbons (Fsp3) is 0.480. The third kappa shape index (κ3) is 4.42. The molecule has 0 bridgehead atoms. The largest absolute Gasteiger partial charge is 0.404 e. The standard InChI is InChI=1S/C25H36N4OSi/c1-25(2,3)31(22-10-6-4-7-11-22,23-12-8-5-9-13-23)30-19-21-15-17-29-16-14-20(18-26)27-24(29)28-21/h4-13,20-21H,14-19,26H2,1-3H3,(H,27,28)/p+1. The van der Waals surface area contributed by atoms with Crippen LogP contribution in [0, 0.1) is 0 Å². The Balaban J connectivity index is 1.61. The van der Waals surface area contributed by atoms with Crippen LogP contribution in [0.2, 0.25) is 5.04 Å². The number of benzene rings is 2. The van der Waals surface area contributed by atoms with Gasteiger partial charge in [0.2, 0.25) is 0 Å². The van der Waals surface area contributed by atoms with E-state index >= 15 is 0 Å². The molecular weight excluding hydrogens is 400 g/mol. The summed E-state index contributed by atoms with van der Waals surface area (Å²) >= 11 is 0. The molecular formula is C25H37N4OSi+. The van der Waals surface area contributed by atoms with Gasteiger partial charge < -0.3 is 10.2 Å². The summed E-state index contributed by atoms with van der Waals surface area (Å²) in [5.41, 5.74) is 5.91. The molecule has 0 amide bonds. The highest BCUT2D eigenvalue weighted by atomic mass is 28.4. The Morgan fingerprint density at radius 2 is 1.42 bits per heavy atom. The van der Waals surface area contributed by atoms with Gasteiger partial charge in [-0.1, -0.05) is 81.4 Å². The van der Waals surface area contributed by atoms with E-state index in [1.807, 2.05) is 0 Å². The molecule has 4 N–H and O–H groups in total. The van der Waals surface area contributed by atoms with Gasteiger partial charge in [0.15, 0.2) is 0 Å². The van der Waals surface area contributed by atoms with Gasteiger partial charge in [-0.3, -0.25) is 15.2 Å². The first-order valence-electron chi connectivity index (χ1n) is 11.5. The van der Waals surface area contributed by atoms with Crippen LogP contribution in [0.5, 0.6) is 0 Å². The highest BCUT2D eigenvalue weighted by molar-refractivity contribution is 6.99. The van der Waals surface area contributed by atoms with Crippen molar-refractivity contribution in [3.63, 3.8) is 0 Å². The maximum atomic E-state index is 7.13. The molecule has 2 aliphatic rings. The van der Waals surface area contributed by atoms with Crippen LogP contribution in [-0.2, 0) is 4.43 Å². The molecule has 166 valence electrons. The van der Waals surface area contributed by atoms with Crippen molar-refractivity contribution in [3.05, 3.63) is 60.7 Å². The minimum absolute atomic E-state index is 0.00269. The van der Waals surface area contributed by atoms with Gasteiger partial charge in [-0.2, -0.15) is 0 Å². The Kier molecular flexibility index (Phi) is 6.51. The Morgan fingerprint density at radius 3 is 1.94 bits per heavy atom. The van der Waals surface area contributed by atoms with Crippen molar-refractivity contribution in [2.45, 2.75) is 50.7 Å². The van der Waals surface area contributed by atoms with Crippen LogP contribution < -0.4 is 26.7 Å². The average molecular weight is 438 g/mol. The van der Waals surface area contributed by atoms with Crippen molar-refractivity contribution in [3.8, 4) is 0 Å². The van der Waals surface area contributed by atoms with Gasteiger partial charge in [-0.15, -0.1) is 0 Å². The third-order valence-electron chi connectivity index (χ3n) is 6.70. The van der Waals surface area contributed by atoms with Crippen LogP contribution in [0.25, 0.3) is 0 Å². The molecule has 31 heavy (non-hydrogen) atoms. The number of guanidine groups is 1. The molecule has 2 aromatic rings. The second-order valence-corrected chi connectivity index (χ2v) is 14.1. The first-order valence-corrected chi connectivity index (χ1v) is 13.4. The van der Waals surface area contributed by atoms with Crippen molar-refractivity contribution in [2.75, 3.05) is 26.2 Å². The van der Waals surface area contributed by atoms with Crippen molar-refractivity contribution in [1.29, 1.82) is 0 Å². The minimum Gasteiger partial charge on any atom is -0.404 e. The maximum absolute atomic E-state index is 7.13. The molecule has 0 aliphatic carbocycles. The summed E-state index contributed by atoms with van der Waals surface area (Å²) in [5.74, 6) is 1.13. The fourth-order valence-electron chi connectivity index (χ4n) is 5.00. The summed E-state index contributed by atoms with van der Waals surface area (Å²) in [6, 6.07) is 22.4. The molecule has 2 heterocycles. The molecule has 0 aromatic heterocycles. The van der Waals surface area contributed by atoms with E-state index in [0.29, 0.717) is 19.2 Å². The van der Waals surface area contributed by atoms with Gasteiger partial charge >= 0.3 is 5.96 Å². The Labute approximate surface area is 187 Å². The number of nitrogens with one attached hydrogen (secondary N) is 2. The van der Waals surface area contributed by atoms with Crippen molar-refractivity contribution < 1.29 is 9.00 Å². The zero-order valence-corrected chi connectivity index (χ0v) is 20.1. The normalized spacial score (nSPS) is 21.8. The molecule has 4 rings (SSSR count). The first-order chi connectivity index (χ1) is 14.9. The molecule has 2 atom stereocenters. The van der Waals surface area contributed by atoms with Gasteiger partial charge in [0, 0.05) is 19.4 Å². The van der Waals surface area contributed by atoms with Gasteiger partial charge in [0.25, 0.3) is 8.32 Å². The fourth-order valence-corrected chi connectivity index (χ4v) is 9.61. The highest BCUT2D eigenvalue weighted by Crippen LogP contribution is 2.36. The van der Waals surface area contributed by atoms with Crippen LogP contribution >= 0.6 is 0 Å². The van der Waals surface area contributed by atoms with Gasteiger partial charge in [0.05, 0.1) is 31.8 Å². The summed E-state index contributed by atoms with van der Waals surface area (Å²) in [6.45, 7) is 10.5. The second-order valence-electron chi connectivity index (χ2n) is 9.81. The summed E-state index contributed by atoms with van der Waals surface area (Å²) in [4.78, 5) is 0. The number of hydrogen-bond acceptors (Lipinski definition) is 4. The summed E-state index contributed by atoms with van der Waals surface area (Å²) in [6.07, 6.45) is 2.18. The lowest BCUT2D eigenvalue weighted by Crippen LogP contribution is -2.68. The topological polar surface area (TPSA) is 62.3 Å². The quantitative estimate of drug-likeness (QED) is 0.475. The van der Waals surface area contributed by atoms with Crippen LogP contribution in [0.4, 0.5) is 0 Å². The van der Waals surface area contributed by atoms with E-state index in [4.69, 9.17) is 10.2 Å². The molecule has 2 unspecified atom stereocenters. The number of rotatable bonds is 6. The van der Waals surface area contributed by atoms with Crippen molar-refractivity contribution >= 4 is 24.7 Å². The Hall–Kier alpha value is -2.15. The highest BCUT2D eigenvalue weighted by Gasteiger charge is 2.50. The zero-order chi connectivity index (χ0) is 21.9. The van der Waals surface area contributed by atoms with E-state index in [-0.39, 0.29) is 11.1 Å². The van der Waals surface area contributed by atoms with Crippen molar-refractivity contribution in [1.82, 2.24) is 10.6 Å². The van der Waals surface area contributed by atoms with E-state index in [1.54, 1.807) is 0 Å². The molecule has 0 fully saturated rings. The summed E-state index contributed by atoms with van der Waals surface area (Å²) in [7, 11) is -2.50. The van der Waals surface area contributed by atoms with Crippen LogP contribution in [-0.4, -0.2) is 57.2 Å². The lowest BCUT2D eigenvalue weighted by molar-refractivity contribution is -0.542. The van der Waals surface area contributed by atoms with Crippen LogP contribution in [0.3, 0.4) is 0 Å². The molecule has 0 spiro atoms. The second kappa shape index (κ2) is 9.15. The molecule has 0 saturated carbocycles. The lowest BCUT2D eigenvalue weighted by Gasteiger charge is -2.44. The molecule has 6 heteroatoms. The van der Waals surface area contributed by atoms with Gasteiger partial charge in [0.1, 0.15) is 0 Å². The summed E-state index contributed by atoms with van der Waals surface area (Å²) < 4.78 is 9.54. The molecule has 2 aliphatic heterocycles. The van der Waals surface area contributed by atoms with E-state index in [1.165, 1.54) is 10.4 Å². The van der Waals surface area contributed by atoms with E-state index in [0.717, 1.165) is 31.9 Å². The average Bonchev–Trinajstić information content (AvgIpc) is 2.79. The van der Waals surface area contributed by atoms with Gasteiger partial charge in [-0.05, 0) is 15.4 Å². The Morgan fingerprint density at radius 1 is 0.903 bits per heavy atom. The van der Waals surface area contributed by atoms with E-state index in [9.17, 15) is 0 Å². The molecule has 0 saturated heterocycles. The Bertz CT molecular complexity index is 855.